The van der Waals surface area contributed by atoms with Gasteiger partial charge in [-0.1, -0.05) is 20.8 Å². The van der Waals surface area contributed by atoms with Crippen LogP contribution < -0.4 is 10.6 Å². The van der Waals surface area contributed by atoms with Crippen molar-refractivity contribution in [2.24, 2.45) is 0 Å². The van der Waals surface area contributed by atoms with Crippen LogP contribution in [0.3, 0.4) is 0 Å². The number of aryl methyl sites for hydroxylation is 1. The molecule has 6 nitrogen and oxygen atoms in total. The maximum atomic E-state index is 12.9. The Hall–Kier alpha value is -1.37. The zero-order valence-corrected chi connectivity index (χ0v) is 19.7. The molecule has 0 fully saturated rings. The zero-order chi connectivity index (χ0) is 19.5. The summed E-state index contributed by atoms with van der Waals surface area (Å²) < 4.78 is 1.93. The molecular weight excluding hydrogens is 397 g/mol. The third kappa shape index (κ3) is 6.06. The third-order valence-electron chi connectivity index (χ3n) is 4.32. The Morgan fingerprint density at radius 1 is 1.18 bits per heavy atom. The van der Waals surface area contributed by atoms with Crippen LogP contribution in [0, 0.1) is 6.92 Å². The summed E-state index contributed by atoms with van der Waals surface area (Å²) in [6.07, 6.45) is 1.09. The van der Waals surface area contributed by atoms with E-state index in [-0.39, 0.29) is 42.2 Å². The molecule has 0 spiro atoms. The van der Waals surface area contributed by atoms with Crippen molar-refractivity contribution < 1.29 is 4.79 Å². The Balaban J connectivity index is 0.00000364. The van der Waals surface area contributed by atoms with Crippen LogP contribution in [0.25, 0.3) is 11.0 Å². The normalized spacial score (nSPS) is 11.3. The molecule has 8 heteroatoms. The number of amides is 1. The van der Waals surface area contributed by atoms with Crippen LogP contribution in [0.4, 0.5) is 0 Å². The van der Waals surface area contributed by atoms with E-state index in [0.717, 1.165) is 41.9 Å². The number of nitrogens with one attached hydrogen (secondary N) is 2. The van der Waals surface area contributed by atoms with E-state index in [9.17, 15) is 4.79 Å². The van der Waals surface area contributed by atoms with Gasteiger partial charge in [0.25, 0.3) is 5.91 Å². The smallest absolute Gasteiger partial charge is 0.252 e. The fourth-order valence-electron chi connectivity index (χ4n) is 2.91. The summed E-state index contributed by atoms with van der Waals surface area (Å²) in [5.41, 5.74) is 3.01. The van der Waals surface area contributed by atoms with Gasteiger partial charge in [-0.05, 0) is 52.6 Å². The van der Waals surface area contributed by atoms with Crippen molar-refractivity contribution >= 4 is 41.8 Å². The summed E-state index contributed by atoms with van der Waals surface area (Å²) in [5.74, 6) is 0.176. The minimum atomic E-state index is -0.201. The molecule has 0 aromatic carbocycles. The summed E-state index contributed by atoms with van der Waals surface area (Å²) in [6, 6.07) is 1.92. The van der Waals surface area contributed by atoms with E-state index in [1.54, 1.807) is 0 Å². The molecule has 160 valence electrons. The lowest BCUT2D eigenvalue weighted by molar-refractivity contribution is 0.0955. The lowest BCUT2D eigenvalue weighted by Crippen LogP contribution is -2.32. The topological polar surface area (TPSA) is 71.8 Å². The highest BCUT2D eigenvalue weighted by Crippen LogP contribution is 2.28. The van der Waals surface area contributed by atoms with E-state index in [0.29, 0.717) is 12.1 Å². The van der Waals surface area contributed by atoms with Gasteiger partial charge in [-0.25, -0.2) is 9.67 Å². The molecule has 1 amide bonds. The molecule has 0 unspecified atom stereocenters. The molecule has 2 rings (SSSR count). The van der Waals surface area contributed by atoms with Crippen LogP contribution in [0.5, 0.6) is 0 Å². The minimum absolute atomic E-state index is 0. The lowest BCUT2D eigenvalue weighted by atomic mass is 10.0. The van der Waals surface area contributed by atoms with Gasteiger partial charge in [0.2, 0.25) is 0 Å². The van der Waals surface area contributed by atoms with E-state index >= 15 is 0 Å². The molecule has 0 atom stereocenters. The van der Waals surface area contributed by atoms with Crippen LogP contribution in [0.15, 0.2) is 6.07 Å². The summed E-state index contributed by atoms with van der Waals surface area (Å²) >= 11 is 0. The first-order valence-electron chi connectivity index (χ1n) is 9.56. The Labute approximate surface area is 181 Å². The average Bonchev–Trinajstić information content (AvgIpc) is 2.91. The molecule has 0 saturated carbocycles. The molecule has 2 N–H and O–H groups in total. The van der Waals surface area contributed by atoms with Gasteiger partial charge >= 0.3 is 0 Å². The summed E-state index contributed by atoms with van der Waals surface area (Å²) in [6.45, 7) is 16.9. The molecule has 0 radical (unpaired) electrons. The molecule has 0 aliphatic carbocycles. The predicted molar refractivity (Wildman–Crippen MR) is 121 cm³/mol. The second-order valence-electron chi connectivity index (χ2n) is 8.12. The van der Waals surface area contributed by atoms with Gasteiger partial charge in [-0.3, -0.25) is 4.79 Å². The first-order valence-corrected chi connectivity index (χ1v) is 9.56. The maximum absolute atomic E-state index is 12.9. The highest BCUT2D eigenvalue weighted by molar-refractivity contribution is 6.06. The van der Waals surface area contributed by atoms with Crippen molar-refractivity contribution in [2.75, 3.05) is 19.6 Å². The third-order valence-corrected chi connectivity index (χ3v) is 4.32. The number of pyridine rings is 1. The Morgan fingerprint density at radius 3 is 2.36 bits per heavy atom. The van der Waals surface area contributed by atoms with Crippen molar-refractivity contribution in [3.63, 3.8) is 0 Å². The van der Waals surface area contributed by atoms with Gasteiger partial charge in [-0.2, -0.15) is 5.10 Å². The van der Waals surface area contributed by atoms with Gasteiger partial charge in [0, 0.05) is 18.8 Å². The van der Waals surface area contributed by atoms with Gasteiger partial charge < -0.3 is 10.6 Å². The van der Waals surface area contributed by atoms with Gasteiger partial charge in [0.05, 0.1) is 22.2 Å². The van der Waals surface area contributed by atoms with Crippen LogP contribution >= 0.6 is 24.8 Å². The van der Waals surface area contributed by atoms with Gasteiger partial charge in [0.15, 0.2) is 5.65 Å². The first-order chi connectivity index (χ1) is 12.2. The summed E-state index contributed by atoms with van der Waals surface area (Å²) in [5, 5.41) is 11.9. The number of hydrogen-bond acceptors (Lipinski definition) is 4. The number of carbonyl (C=O) groups excluding carboxylic acids is 1. The standard InChI is InChI=1S/C20H33N5O.2ClH/c1-8-9-21-10-11-22-19(26)15-12-16(13(2)3)23-18-17(15)14(4)24-25(18)20(5,6)7;;/h12-13,21H,8-11H2,1-7H3,(H,22,26);2*1H. The van der Waals surface area contributed by atoms with Crippen molar-refractivity contribution in [1.82, 2.24) is 25.4 Å². The van der Waals surface area contributed by atoms with Gasteiger partial charge in [0.1, 0.15) is 0 Å². The fourth-order valence-corrected chi connectivity index (χ4v) is 2.91. The molecular formula is C20H35Cl2N5O. The zero-order valence-electron chi connectivity index (χ0n) is 18.0. The largest absolute Gasteiger partial charge is 0.351 e. The van der Waals surface area contributed by atoms with E-state index in [1.807, 2.05) is 17.7 Å². The molecule has 2 heterocycles. The molecule has 0 aliphatic rings. The summed E-state index contributed by atoms with van der Waals surface area (Å²) in [4.78, 5) is 17.7. The van der Waals surface area contributed by atoms with E-state index in [2.05, 4.69) is 57.3 Å². The fraction of sp³-hybridized carbons (Fsp3) is 0.650. The lowest BCUT2D eigenvalue weighted by Gasteiger charge is -2.20. The molecule has 0 saturated heterocycles. The number of halogens is 2. The van der Waals surface area contributed by atoms with E-state index in [1.165, 1.54) is 0 Å². The first kappa shape index (κ1) is 26.6. The van der Waals surface area contributed by atoms with Crippen LogP contribution in [0.1, 0.15) is 75.6 Å². The second kappa shape index (κ2) is 11.0. The van der Waals surface area contributed by atoms with Crippen molar-refractivity contribution in [3.8, 4) is 0 Å². The number of rotatable bonds is 7. The molecule has 0 aliphatic heterocycles. The summed E-state index contributed by atoms with van der Waals surface area (Å²) in [7, 11) is 0. The Bertz CT molecular complexity index is 781. The van der Waals surface area contributed by atoms with Crippen molar-refractivity contribution in [2.45, 2.75) is 66.3 Å². The highest BCUT2D eigenvalue weighted by Gasteiger charge is 2.25. The quantitative estimate of drug-likeness (QED) is 0.644. The van der Waals surface area contributed by atoms with Gasteiger partial charge in [-0.15, -0.1) is 24.8 Å². The van der Waals surface area contributed by atoms with Crippen LogP contribution in [0.2, 0.25) is 0 Å². The number of aromatic nitrogens is 3. The van der Waals surface area contributed by atoms with Crippen LogP contribution in [-0.4, -0.2) is 40.3 Å². The maximum Gasteiger partial charge on any atom is 0.252 e. The van der Waals surface area contributed by atoms with Crippen molar-refractivity contribution in [1.29, 1.82) is 0 Å². The van der Waals surface area contributed by atoms with Crippen molar-refractivity contribution in [3.05, 3.63) is 23.0 Å². The number of hydrogen-bond donors (Lipinski definition) is 2. The van der Waals surface area contributed by atoms with Crippen LogP contribution in [-0.2, 0) is 5.54 Å². The van der Waals surface area contributed by atoms with E-state index < -0.39 is 0 Å². The predicted octanol–water partition coefficient (Wildman–Crippen LogP) is 4.19. The minimum Gasteiger partial charge on any atom is -0.351 e. The molecule has 2 aromatic heterocycles. The van der Waals surface area contributed by atoms with E-state index in [4.69, 9.17) is 4.98 Å². The monoisotopic (exact) mass is 431 g/mol. The molecule has 0 bridgehead atoms. The molecule has 2 aromatic rings. The SMILES string of the molecule is CCCNCCNC(=O)c1cc(C(C)C)nc2c1c(C)nn2C(C)(C)C.Cl.Cl. The highest BCUT2D eigenvalue weighted by atomic mass is 35.5. The average molecular weight is 432 g/mol. The number of fused-ring (bicyclic) bond motifs is 1. The number of carbonyl (C=O) groups is 1. The Morgan fingerprint density at radius 2 is 1.82 bits per heavy atom. The molecule has 28 heavy (non-hydrogen) atoms. The second-order valence-corrected chi connectivity index (χ2v) is 8.12. The Kier molecular flexibility index (Phi) is 10.4. The number of nitrogens with zero attached hydrogens (tertiary/aromatic N) is 3.